The van der Waals surface area contributed by atoms with E-state index in [1.165, 1.54) is 0 Å². The Morgan fingerprint density at radius 3 is 2.82 bits per heavy atom. The molecule has 0 radical (unpaired) electrons. The van der Waals surface area contributed by atoms with Crippen molar-refractivity contribution in [2.24, 2.45) is 0 Å². The van der Waals surface area contributed by atoms with Crippen molar-refractivity contribution in [2.75, 3.05) is 5.73 Å². The normalized spacial score (nSPS) is 10.9. The van der Waals surface area contributed by atoms with Crippen LogP contribution in [0.25, 0.3) is 17.0 Å². The molecule has 3 heterocycles. The molecule has 0 unspecified atom stereocenters. The van der Waals surface area contributed by atoms with Crippen molar-refractivity contribution in [3.8, 4) is 11.5 Å². The van der Waals surface area contributed by atoms with Gasteiger partial charge in [-0.1, -0.05) is 17.7 Å². The first-order chi connectivity index (χ1) is 8.27. The van der Waals surface area contributed by atoms with Crippen molar-refractivity contribution in [1.29, 1.82) is 0 Å². The van der Waals surface area contributed by atoms with Gasteiger partial charge in [0.05, 0.1) is 5.69 Å². The summed E-state index contributed by atoms with van der Waals surface area (Å²) in [5.74, 6) is 0.693. The second-order valence-electron chi connectivity index (χ2n) is 3.62. The average molecular weight is 245 g/mol. The number of aromatic nitrogens is 3. The zero-order valence-corrected chi connectivity index (χ0v) is 9.59. The van der Waals surface area contributed by atoms with Crippen LogP contribution in [-0.4, -0.2) is 14.4 Å². The zero-order chi connectivity index (χ0) is 11.8. The standard InChI is InChI=1S/C12H9ClN4/c13-11-10-8(14)4-3-7-17(10)12(16-11)9-5-1-2-6-15-9/h1-7H,14H2. The predicted molar refractivity (Wildman–Crippen MR) is 67.8 cm³/mol. The Kier molecular flexibility index (Phi) is 2.23. The molecule has 17 heavy (non-hydrogen) atoms. The van der Waals surface area contributed by atoms with Crippen molar-refractivity contribution in [3.63, 3.8) is 0 Å². The molecule has 0 atom stereocenters. The molecule has 0 fully saturated rings. The van der Waals surface area contributed by atoms with E-state index in [9.17, 15) is 0 Å². The fourth-order valence-electron chi connectivity index (χ4n) is 1.80. The molecule has 0 aliphatic heterocycles. The van der Waals surface area contributed by atoms with E-state index in [-0.39, 0.29) is 0 Å². The van der Waals surface area contributed by atoms with Crippen LogP contribution in [0.4, 0.5) is 5.69 Å². The van der Waals surface area contributed by atoms with E-state index in [1.807, 2.05) is 34.9 Å². The smallest absolute Gasteiger partial charge is 0.165 e. The van der Waals surface area contributed by atoms with Crippen LogP contribution in [0.3, 0.4) is 0 Å². The van der Waals surface area contributed by atoms with Gasteiger partial charge in [0.1, 0.15) is 11.2 Å². The van der Waals surface area contributed by atoms with E-state index >= 15 is 0 Å². The minimum Gasteiger partial charge on any atom is -0.397 e. The molecule has 0 bridgehead atoms. The molecular formula is C12H9ClN4. The molecule has 0 aliphatic carbocycles. The largest absolute Gasteiger partial charge is 0.397 e. The third-order valence-corrected chi connectivity index (χ3v) is 2.81. The molecule has 4 nitrogen and oxygen atoms in total. The molecule has 0 saturated carbocycles. The summed E-state index contributed by atoms with van der Waals surface area (Å²) in [5.41, 5.74) is 7.97. The summed E-state index contributed by atoms with van der Waals surface area (Å²) in [6.45, 7) is 0. The van der Waals surface area contributed by atoms with Gasteiger partial charge in [-0.05, 0) is 24.3 Å². The van der Waals surface area contributed by atoms with E-state index < -0.39 is 0 Å². The van der Waals surface area contributed by atoms with Gasteiger partial charge in [0, 0.05) is 12.4 Å². The molecule has 3 aromatic rings. The summed E-state index contributed by atoms with van der Waals surface area (Å²) in [6, 6.07) is 9.30. The van der Waals surface area contributed by atoms with Crippen molar-refractivity contribution in [2.45, 2.75) is 0 Å². The number of rotatable bonds is 1. The number of fused-ring (bicyclic) bond motifs is 1. The van der Waals surface area contributed by atoms with Crippen molar-refractivity contribution < 1.29 is 0 Å². The first-order valence-electron chi connectivity index (χ1n) is 5.11. The lowest BCUT2D eigenvalue weighted by Gasteiger charge is -2.01. The maximum atomic E-state index is 6.09. The number of pyridine rings is 2. The second-order valence-corrected chi connectivity index (χ2v) is 3.98. The van der Waals surface area contributed by atoms with E-state index in [0.717, 1.165) is 11.2 Å². The van der Waals surface area contributed by atoms with E-state index in [2.05, 4.69) is 9.97 Å². The lowest BCUT2D eigenvalue weighted by molar-refractivity contribution is 1.13. The van der Waals surface area contributed by atoms with Crippen LogP contribution in [-0.2, 0) is 0 Å². The van der Waals surface area contributed by atoms with E-state index in [4.69, 9.17) is 17.3 Å². The number of halogens is 1. The highest BCUT2D eigenvalue weighted by Gasteiger charge is 2.13. The Labute approximate surface area is 103 Å². The number of hydrogen-bond donors (Lipinski definition) is 1. The highest BCUT2D eigenvalue weighted by atomic mass is 35.5. The van der Waals surface area contributed by atoms with Crippen LogP contribution in [0.2, 0.25) is 5.15 Å². The highest BCUT2D eigenvalue weighted by molar-refractivity contribution is 6.33. The Morgan fingerprint density at radius 2 is 2.06 bits per heavy atom. The summed E-state index contributed by atoms with van der Waals surface area (Å²) in [7, 11) is 0. The maximum absolute atomic E-state index is 6.09. The van der Waals surface area contributed by atoms with Crippen LogP contribution >= 0.6 is 11.6 Å². The molecule has 0 aliphatic rings. The third kappa shape index (κ3) is 1.54. The fraction of sp³-hybridized carbons (Fsp3) is 0. The Hall–Kier alpha value is -2.07. The number of nitrogens with zero attached hydrogens (tertiary/aromatic N) is 3. The zero-order valence-electron chi connectivity index (χ0n) is 8.84. The molecule has 0 amide bonds. The van der Waals surface area contributed by atoms with Crippen LogP contribution in [0, 0.1) is 0 Å². The number of nitrogen functional groups attached to an aromatic ring is 1. The van der Waals surface area contributed by atoms with Gasteiger partial charge in [0.2, 0.25) is 0 Å². The summed E-state index contributed by atoms with van der Waals surface area (Å²) >= 11 is 6.09. The van der Waals surface area contributed by atoms with Crippen molar-refractivity contribution >= 4 is 22.8 Å². The van der Waals surface area contributed by atoms with E-state index in [1.54, 1.807) is 12.3 Å². The van der Waals surface area contributed by atoms with Gasteiger partial charge in [0.15, 0.2) is 11.0 Å². The third-order valence-electron chi connectivity index (χ3n) is 2.55. The maximum Gasteiger partial charge on any atom is 0.165 e. The SMILES string of the molecule is Nc1cccn2c(-c3ccccn3)nc(Cl)c12. The number of imidazole rings is 1. The van der Waals surface area contributed by atoms with Crippen LogP contribution in [0.1, 0.15) is 0 Å². The van der Waals surface area contributed by atoms with Crippen LogP contribution in [0.15, 0.2) is 42.7 Å². The molecule has 0 aromatic carbocycles. The molecule has 84 valence electrons. The molecule has 3 rings (SSSR count). The van der Waals surface area contributed by atoms with E-state index in [0.29, 0.717) is 16.7 Å². The summed E-state index contributed by atoms with van der Waals surface area (Å²) in [4.78, 5) is 8.57. The molecular weight excluding hydrogens is 236 g/mol. The van der Waals surface area contributed by atoms with Gasteiger partial charge < -0.3 is 5.73 Å². The van der Waals surface area contributed by atoms with Crippen LogP contribution in [0.5, 0.6) is 0 Å². The minimum absolute atomic E-state index is 0.392. The Bertz CT molecular complexity index is 676. The fourth-order valence-corrected chi connectivity index (χ4v) is 2.08. The first kappa shape index (κ1) is 10.1. The van der Waals surface area contributed by atoms with Crippen molar-refractivity contribution in [3.05, 3.63) is 47.9 Å². The van der Waals surface area contributed by atoms with Gasteiger partial charge in [-0.25, -0.2) is 4.98 Å². The number of hydrogen-bond acceptors (Lipinski definition) is 3. The lowest BCUT2D eigenvalue weighted by Crippen LogP contribution is -1.94. The topological polar surface area (TPSA) is 56.2 Å². The van der Waals surface area contributed by atoms with Gasteiger partial charge in [0.25, 0.3) is 0 Å². The van der Waals surface area contributed by atoms with Gasteiger partial charge >= 0.3 is 0 Å². The van der Waals surface area contributed by atoms with Gasteiger partial charge in [-0.15, -0.1) is 0 Å². The summed E-state index contributed by atoms with van der Waals surface area (Å²) in [6.07, 6.45) is 3.59. The first-order valence-corrected chi connectivity index (χ1v) is 5.48. The summed E-state index contributed by atoms with van der Waals surface area (Å²) in [5, 5.41) is 0.392. The van der Waals surface area contributed by atoms with Gasteiger partial charge in [-0.3, -0.25) is 9.38 Å². The summed E-state index contributed by atoms with van der Waals surface area (Å²) < 4.78 is 1.85. The number of anilines is 1. The Morgan fingerprint density at radius 1 is 1.18 bits per heavy atom. The molecule has 2 N–H and O–H groups in total. The number of nitrogens with two attached hydrogens (primary N) is 1. The van der Waals surface area contributed by atoms with Gasteiger partial charge in [-0.2, -0.15) is 0 Å². The Balaban J connectivity index is 2.36. The minimum atomic E-state index is 0.392. The lowest BCUT2D eigenvalue weighted by atomic mass is 10.3. The van der Waals surface area contributed by atoms with Crippen LogP contribution < -0.4 is 5.73 Å². The molecule has 0 saturated heterocycles. The average Bonchev–Trinajstić information content (AvgIpc) is 2.69. The monoisotopic (exact) mass is 244 g/mol. The predicted octanol–water partition coefficient (Wildman–Crippen LogP) is 2.63. The molecule has 5 heteroatoms. The quantitative estimate of drug-likeness (QED) is 0.716. The van der Waals surface area contributed by atoms with Crippen molar-refractivity contribution in [1.82, 2.24) is 14.4 Å². The highest BCUT2D eigenvalue weighted by Crippen LogP contribution is 2.27. The molecule has 0 spiro atoms. The second kappa shape index (κ2) is 3.75. The molecule has 3 aromatic heterocycles.